The molecule has 2 rings (SSSR count). The molecule has 1 heterocycles. The molecule has 1 aromatic heterocycles. The first kappa shape index (κ1) is 13.7. The lowest BCUT2D eigenvalue weighted by atomic mass is 10.1. The number of nitrogens with zero attached hydrogens (tertiary/aromatic N) is 1. The van der Waals surface area contributed by atoms with E-state index in [1.54, 1.807) is 11.3 Å². The van der Waals surface area contributed by atoms with Gasteiger partial charge in [0.2, 0.25) is 5.91 Å². The maximum Gasteiger partial charge on any atom is 0.226 e. The number of aliphatic hydroxyl groups is 1. The highest BCUT2D eigenvalue weighted by Gasteiger charge is 2.06. The summed E-state index contributed by atoms with van der Waals surface area (Å²) in [7, 11) is 0. The van der Waals surface area contributed by atoms with Crippen LogP contribution < -0.4 is 5.32 Å². The Bertz CT molecular complexity index is 549. The Hall–Kier alpha value is -1.72. The van der Waals surface area contributed by atoms with Gasteiger partial charge < -0.3 is 10.4 Å². The molecule has 0 aliphatic heterocycles. The molecule has 1 amide bonds. The monoisotopic (exact) mass is 276 g/mol. The topological polar surface area (TPSA) is 62.2 Å². The minimum absolute atomic E-state index is 0.0310. The van der Waals surface area contributed by atoms with Gasteiger partial charge in [0.15, 0.2) is 0 Å². The van der Waals surface area contributed by atoms with E-state index in [0.717, 1.165) is 21.8 Å². The SMILES string of the molecule is Cc1nc(CC(=O)NCc2ccc(CO)cc2)cs1. The molecule has 5 heteroatoms. The smallest absolute Gasteiger partial charge is 0.226 e. The number of hydrogen-bond donors (Lipinski definition) is 2. The molecule has 4 nitrogen and oxygen atoms in total. The number of carbonyl (C=O) groups is 1. The molecule has 0 unspecified atom stereocenters. The molecule has 0 atom stereocenters. The van der Waals surface area contributed by atoms with Crippen LogP contribution in [0, 0.1) is 6.92 Å². The molecule has 2 N–H and O–H groups in total. The summed E-state index contributed by atoms with van der Waals surface area (Å²) < 4.78 is 0. The van der Waals surface area contributed by atoms with Crippen molar-refractivity contribution >= 4 is 17.2 Å². The predicted molar refractivity (Wildman–Crippen MR) is 74.8 cm³/mol. The van der Waals surface area contributed by atoms with Crippen LogP contribution >= 0.6 is 11.3 Å². The average molecular weight is 276 g/mol. The first-order valence-corrected chi connectivity index (χ1v) is 6.91. The Kier molecular flexibility index (Phi) is 4.65. The number of carbonyl (C=O) groups excluding carboxylic acids is 1. The standard InChI is InChI=1S/C14H16N2O2S/c1-10-16-13(9-19-10)6-14(18)15-7-11-2-4-12(8-17)5-3-11/h2-5,9,17H,6-8H2,1H3,(H,15,18). The molecule has 0 spiro atoms. The highest BCUT2D eigenvalue weighted by atomic mass is 32.1. The minimum Gasteiger partial charge on any atom is -0.392 e. The number of aliphatic hydroxyl groups excluding tert-OH is 1. The van der Waals surface area contributed by atoms with Crippen molar-refractivity contribution in [2.75, 3.05) is 0 Å². The zero-order valence-corrected chi connectivity index (χ0v) is 11.5. The highest BCUT2D eigenvalue weighted by molar-refractivity contribution is 7.09. The Labute approximate surface area is 116 Å². The normalized spacial score (nSPS) is 10.4. The maximum absolute atomic E-state index is 11.7. The van der Waals surface area contributed by atoms with Crippen molar-refractivity contribution in [3.8, 4) is 0 Å². The fourth-order valence-corrected chi connectivity index (χ4v) is 2.29. The summed E-state index contributed by atoms with van der Waals surface area (Å²) in [5.41, 5.74) is 2.70. The Morgan fingerprint density at radius 1 is 1.32 bits per heavy atom. The van der Waals surface area contributed by atoms with Crippen LogP contribution in [0.15, 0.2) is 29.6 Å². The fraction of sp³-hybridized carbons (Fsp3) is 0.286. The molecular formula is C14H16N2O2S. The number of thiazole rings is 1. The number of amides is 1. The van der Waals surface area contributed by atoms with Gasteiger partial charge in [-0.2, -0.15) is 0 Å². The van der Waals surface area contributed by atoms with E-state index in [9.17, 15) is 4.79 Å². The van der Waals surface area contributed by atoms with Gasteiger partial charge in [-0.1, -0.05) is 24.3 Å². The number of aromatic nitrogens is 1. The zero-order valence-electron chi connectivity index (χ0n) is 10.7. The number of hydrogen-bond acceptors (Lipinski definition) is 4. The number of benzene rings is 1. The zero-order chi connectivity index (χ0) is 13.7. The van der Waals surface area contributed by atoms with Crippen LogP contribution in [0.25, 0.3) is 0 Å². The van der Waals surface area contributed by atoms with E-state index >= 15 is 0 Å². The van der Waals surface area contributed by atoms with Crippen molar-refractivity contribution in [1.29, 1.82) is 0 Å². The van der Waals surface area contributed by atoms with E-state index in [0.29, 0.717) is 13.0 Å². The third kappa shape index (κ3) is 4.15. The Morgan fingerprint density at radius 2 is 2.00 bits per heavy atom. The van der Waals surface area contributed by atoms with Crippen molar-refractivity contribution in [3.05, 3.63) is 51.5 Å². The summed E-state index contributed by atoms with van der Waals surface area (Å²) >= 11 is 1.55. The third-order valence-corrected chi connectivity index (χ3v) is 3.53. The summed E-state index contributed by atoms with van der Waals surface area (Å²) in [4.78, 5) is 16.0. The lowest BCUT2D eigenvalue weighted by Crippen LogP contribution is -2.24. The summed E-state index contributed by atoms with van der Waals surface area (Å²) in [6, 6.07) is 7.51. The molecule has 19 heavy (non-hydrogen) atoms. The molecule has 100 valence electrons. The Morgan fingerprint density at radius 3 is 2.58 bits per heavy atom. The molecule has 0 saturated carbocycles. The minimum atomic E-state index is -0.0310. The van der Waals surface area contributed by atoms with Gasteiger partial charge in [0, 0.05) is 11.9 Å². The lowest BCUT2D eigenvalue weighted by Gasteiger charge is -2.05. The molecule has 0 fully saturated rings. The van der Waals surface area contributed by atoms with Gasteiger partial charge >= 0.3 is 0 Å². The lowest BCUT2D eigenvalue weighted by molar-refractivity contribution is -0.120. The fourth-order valence-electron chi connectivity index (χ4n) is 1.68. The molecule has 0 aliphatic rings. The second-order valence-electron chi connectivity index (χ2n) is 4.29. The van der Waals surface area contributed by atoms with E-state index in [4.69, 9.17) is 5.11 Å². The first-order chi connectivity index (χ1) is 9.17. The van der Waals surface area contributed by atoms with Gasteiger partial charge in [-0.15, -0.1) is 11.3 Å². The summed E-state index contributed by atoms with van der Waals surface area (Å²) in [5, 5.41) is 14.7. The number of nitrogens with one attached hydrogen (secondary N) is 1. The largest absolute Gasteiger partial charge is 0.392 e. The van der Waals surface area contributed by atoms with Gasteiger partial charge in [0.1, 0.15) is 0 Å². The van der Waals surface area contributed by atoms with E-state index in [-0.39, 0.29) is 12.5 Å². The quantitative estimate of drug-likeness (QED) is 0.875. The molecule has 1 aromatic carbocycles. The molecule has 2 aromatic rings. The summed E-state index contributed by atoms with van der Waals surface area (Å²) in [6.45, 7) is 2.46. The first-order valence-electron chi connectivity index (χ1n) is 6.04. The van der Waals surface area contributed by atoms with Crippen LogP contribution in [0.5, 0.6) is 0 Å². The van der Waals surface area contributed by atoms with Crippen molar-refractivity contribution in [1.82, 2.24) is 10.3 Å². The van der Waals surface area contributed by atoms with Crippen LogP contribution in [-0.4, -0.2) is 16.0 Å². The van der Waals surface area contributed by atoms with Crippen LogP contribution in [0.1, 0.15) is 21.8 Å². The van der Waals surface area contributed by atoms with Gasteiger partial charge in [-0.05, 0) is 18.1 Å². The predicted octanol–water partition coefficient (Wildman–Crippen LogP) is 1.80. The second-order valence-corrected chi connectivity index (χ2v) is 5.35. The average Bonchev–Trinajstić information content (AvgIpc) is 2.82. The van der Waals surface area contributed by atoms with Crippen LogP contribution in [0.2, 0.25) is 0 Å². The molecule has 0 bridgehead atoms. The van der Waals surface area contributed by atoms with Crippen LogP contribution in [0.3, 0.4) is 0 Å². The van der Waals surface area contributed by atoms with Crippen molar-refractivity contribution in [2.24, 2.45) is 0 Å². The van der Waals surface area contributed by atoms with Crippen molar-refractivity contribution in [3.63, 3.8) is 0 Å². The number of rotatable bonds is 5. The van der Waals surface area contributed by atoms with E-state index in [2.05, 4.69) is 10.3 Å². The molecule has 0 saturated heterocycles. The van der Waals surface area contributed by atoms with Gasteiger partial charge in [0.05, 0.1) is 23.7 Å². The molecular weight excluding hydrogens is 260 g/mol. The third-order valence-electron chi connectivity index (χ3n) is 2.70. The van der Waals surface area contributed by atoms with Gasteiger partial charge in [-0.3, -0.25) is 4.79 Å². The van der Waals surface area contributed by atoms with Crippen molar-refractivity contribution in [2.45, 2.75) is 26.5 Å². The molecule has 0 aliphatic carbocycles. The van der Waals surface area contributed by atoms with E-state index in [1.807, 2.05) is 36.6 Å². The van der Waals surface area contributed by atoms with E-state index in [1.165, 1.54) is 0 Å². The summed E-state index contributed by atoms with van der Waals surface area (Å²) in [6.07, 6.45) is 0.319. The van der Waals surface area contributed by atoms with Crippen LogP contribution in [-0.2, 0) is 24.4 Å². The second kappa shape index (κ2) is 6.45. The van der Waals surface area contributed by atoms with Gasteiger partial charge in [-0.25, -0.2) is 4.98 Å². The number of aryl methyl sites for hydroxylation is 1. The van der Waals surface area contributed by atoms with E-state index < -0.39 is 0 Å². The van der Waals surface area contributed by atoms with Crippen LogP contribution in [0.4, 0.5) is 0 Å². The highest BCUT2D eigenvalue weighted by Crippen LogP contribution is 2.08. The Balaban J connectivity index is 1.82. The summed E-state index contributed by atoms with van der Waals surface area (Å²) in [5.74, 6) is -0.0310. The van der Waals surface area contributed by atoms with Gasteiger partial charge in [0.25, 0.3) is 0 Å². The van der Waals surface area contributed by atoms with Crippen molar-refractivity contribution < 1.29 is 9.90 Å². The molecule has 0 radical (unpaired) electrons. The maximum atomic E-state index is 11.7.